The van der Waals surface area contributed by atoms with Gasteiger partial charge in [0.15, 0.2) is 0 Å². The molecule has 2 heterocycles. The molecule has 112 valence electrons. The number of carbonyl (C=O) groups excluding carboxylic acids is 2. The van der Waals surface area contributed by atoms with Crippen molar-refractivity contribution in [3.8, 4) is 0 Å². The van der Waals surface area contributed by atoms with Gasteiger partial charge >= 0.3 is 0 Å². The first kappa shape index (κ1) is 15.8. The second-order valence-electron chi connectivity index (χ2n) is 4.79. The standard InChI is InChI=1S/C14H16N2O3S2/c1-3-4-10(13(18)19)16-12(17)11(21-14(16)20)7-9-5-6-15(2)8-9/h5-8,10H,3-4H2,1-2H3,(H,18,19)/p-1/b11-7+/t10-/m0/s1. The number of nitrogens with zero attached hydrogens (tertiary/aromatic N) is 2. The predicted molar refractivity (Wildman–Crippen MR) is 84.1 cm³/mol. The summed E-state index contributed by atoms with van der Waals surface area (Å²) in [6.07, 6.45) is 6.42. The number of hydrogen-bond donors (Lipinski definition) is 0. The molecule has 0 aliphatic carbocycles. The quantitative estimate of drug-likeness (QED) is 0.601. The summed E-state index contributed by atoms with van der Waals surface area (Å²) in [6, 6.07) is 0.874. The van der Waals surface area contributed by atoms with Gasteiger partial charge in [-0.15, -0.1) is 0 Å². The van der Waals surface area contributed by atoms with E-state index < -0.39 is 12.0 Å². The van der Waals surface area contributed by atoms with Crippen LogP contribution >= 0.6 is 24.0 Å². The van der Waals surface area contributed by atoms with Gasteiger partial charge in [-0.2, -0.15) is 0 Å². The molecule has 0 saturated carbocycles. The van der Waals surface area contributed by atoms with E-state index in [1.165, 1.54) is 0 Å². The number of rotatable bonds is 5. The minimum atomic E-state index is -1.27. The smallest absolute Gasteiger partial charge is 0.266 e. The highest BCUT2D eigenvalue weighted by atomic mass is 32.2. The van der Waals surface area contributed by atoms with Crippen LogP contribution in [0.3, 0.4) is 0 Å². The number of hydrogen-bond acceptors (Lipinski definition) is 5. The van der Waals surface area contributed by atoms with Gasteiger partial charge in [-0.05, 0) is 24.1 Å². The van der Waals surface area contributed by atoms with Crippen LogP contribution in [0.2, 0.25) is 0 Å². The Hall–Kier alpha value is -1.60. The van der Waals surface area contributed by atoms with Crippen molar-refractivity contribution >= 4 is 46.3 Å². The first-order valence-electron chi connectivity index (χ1n) is 6.54. The fraction of sp³-hybridized carbons (Fsp3) is 0.357. The zero-order chi connectivity index (χ0) is 15.6. The zero-order valence-electron chi connectivity index (χ0n) is 11.7. The van der Waals surface area contributed by atoms with E-state index in [4.69, 9.17) is 12.2 Å². The van der Waals surface area contributed by atoms with Crippen LogP contribution < -0.4 is 5.11 Å². The Kier molecular flexibility index (Phi) is 4.84. The first-order chi connectivity index (χ1) is 9.93. The molecule has 1 aromatic heterocycles. The van der Waals surface area contributed by atoms with E-state index >= 15 is 0 Å². The van der Waals surface area contributed by atoms with Crippen LogP contribution in [-0.2, 0) is 16.6 Å². The van der Waals surface area contributed by atoms with Crippen molar-refractivity contribution in [3.05, 3.63) is 28.9 Å². The lowest BCUT2D eigenvalue weighted by Gasteiger charge is -2.27. The number of thioether (sulfide) groups is 1. The van der Waals surface area contributed by atoms with Gasteiger partial charge in [0, 0.05) is 19.4 Å². The monoisotopic (exact) mass is 323 g/mol. The van der Waals surface area contributed by atoms with Gasteiger partial charge in [0.05, 0.1) is 16.9 Å². The molecular weight excluding hydrogens is 308 g/mol. The third-order valence-electron chi connectivity index (χ3n) is 3.12. The maximum atomic E-state index is 12.4. The summed E-state index contributed by atoms with van der Waals surface area (Å²) in [6.45, 7) is 1.85. The Morgan fingerprint density at radius 2 is 2.29 bits per heavy atom. The van der Waals surface area contributed by atoms with Crippen molar-refractivity contribution in [1.82, 2.24) is 9.47 Å². The van der Waals surface area contributed by atoms with Crippen LogP contribution in [-0.4, -0.2) is 31.7 Å². The van der Waals surface area contributed by atoms with Gasteiger partial charge in [-0.3, -0.25) is 9.69 Å². The lowest BCUT2D eigenvalue weighted by atomic mass is 10.1. The fourth-order valence-corrected chi connectivity index (χ4v) is 3.49. The van der Waals surface area contributed by atoms with E-state index in [9.17, 15) is 14.7 Å². The lowest BCUT2D eigenvalue weighted by Crippen LogP contribution is -2.49. The third kappa shape index (κ3) is 3.36. The van der Waals surface area contributed by atoms with E-state index in [1.54, 1.807) is 6.08 Å². The Morgan fingerprint density at radius 3 is 2.81 bits per heavy atom. The number of thiocarbonyl (C=S) groups is 1. The Labute approximate surface area is 132 Å². The Morgan fingerprint density at radius 1 is 1.57 bits per heavy atom. The minimum Gasteiger partial charge on any atom is -0.548 e. The van der Waals surface area contributed by atoms with E-state index in [0.29, 0.717) is 17.7 Å². The summed E-state index contributed by atoms with van der Waals surface area (Å²) >= 11 is 6.28. The topological polar surface area (TPSA) is 65.4 Å². The Balaban J connectivity index is 2.27. The van der Waals surface area contributed by atoms with Crippen LogP contribution in [0.5, 0.6) is 0 Å². The van der Waals surface area contributed by atoms with E-state index in [-0.39, 0.29) is 10.2 Å². The number of carboxylic acids is 1. The van der Waals surface area contributed by atoms with Crippen molar-refractivity contribution in [2.45, 2.75) is 25.8 Å². The van der Waals surface area contributed by atoms with Crippen molar-refractivity contribution in [2.24, 2.45) is 7.05 Å². The summed E-state index contributed by atoms with van der Waals surface area (Å²) < 4.78 is 2.14. The predicted octanol–water partition coefficient (Wildman–Crippen LogP) is 1.14. The number of aryl methyl sites for hydroxylation is 1. The van der Waals surface area contributed by atoms with Gasteiger partial charge in [-0.1, -0.05) is 37.3 Å². The highest BCUT2D eigenvalue weighted by Crippen LogP contribution is 2.34. The van der Waals surface area contributed by atoms with Gasteiger partial charge in [0.2, 0.25) is 0 Å². The molecule has 1 atom stereocenters. The summed E-state index contributed by atoms with van der Waals surface area (Å²) in [5.41, 5.74) is 0.874. The lowest BCUT2D eigenvalue weighted by molar-refractivity contribution is -0.310. The van der Waals surface area contributed by atoms with Crippen molar-refractivity contribution in [3.63, 3.8) is 0 Å². The average Bonchev–Trinajstić information content (AvgIpc) is 2.93. The molecular formula is C14H15N2O3S2-. The van der Waals surface area contributed by atoms with E-state index in [1.807, 2.05) is 37.0 Å². The van der Waals surface area contributed by atoms with Gasteiger partial charge in [0.25, 0.3) is 5.91 Å². The second-order valence-corrected chi connectivity index (χ2v) is 6.46. The zero-order valence-corrected chi connectivity index (χ0v) is 13.4. The molecule has 0 aromatic carbocycles. The van der Waals surface area contributed by atoms with Crippen LogP contribution in [0.4, 0.5) is 0 Å². The van der Waals surface area contributed by atoms with Crippen molar-refractivity contribution < 1.29 is 14.7 Å². The van der Waals surface area contributed by atoms with Gasteiger partial charge in [-0.25, -0.2) is 0 Å². The molecule has 0 unspecified atom stereocenters. The summed E-state index contributed by atoms with van der Waals surface area (Å²) in [4.78, 5) is 25.2. The molecule has 1 amide bonds. The van der Waals surface area contributed by atoms with E-state index in [0.717, 1.165) is 22.2 Å². The molecule has 1 aliphatic heterocycles. The molecule has 2 rings (SSSR count). The molecule has 0 bridgehead atoms. The normalized spacial score (nSPS) is 18.6. The molecule has 5 nitrogen and oxygen atoms in total. The molecule has 0 radical (unpaired) electrons. The molecule has 1 fully saturated rings. The number of aromatic nitrogens is 1. The average molecular weight is 323 g/mol. The summed E-state index contributed by atoms with van der Waals surface area (Å²) in [7, 11) is 1.88. The fourth-order valence-electron chi connectivity index (χ4n) is 2.14. The summed E-state index contributed by atoms with van der Waals surface area (Å²) in [5, 5.41) is 11.2. The summed E-state index contributed by atoms with van der Waals surface area (Å²) in [5.74, 6) is -1.63. The largest absolute Gasteiger partial charge is 0.548 e. The number of carboxylic acid groups (broad SMARTS) is 1. The number of amides is 1. The minimum absolute atomic E-state index is 0.268. The molecule has 1 saturated heterocycles. The van der Waals surface area contributed by atoms with Crippen LogP contribution in [0.15, 0.2) is 23.4 Å². The molecule has 1 aromatic rings. The second kappa shape index (κ2) is 6.44. The van der Waals surface area contributed by atoms with Crippen LogP contribution in [0, 0.1) is 0 Å². The van der Waals surface area contributed by atoms with E-state index in [2.05, 4.69) is 0 Å². The first-order valence-corrected chi connectivity index (χ1v) is 7.76. The third-order valence-corrected chi connectivity index (χ3v) is 4.45. The van der Waals surface area contributed by atoms with Crippen LogP contribution in [0.25, 0.3) is 6.08 Å². The number of aliphatic carboxylic acids is 1. The highest BCUT2D eigenvalue weighted by Gasteiger charge is 2.37. The highest BCUT2D eigenvalue weighted by molar-refractivity contribution is 8.26. The van der Waals surface area contributed by atoms with Gasteiger partial charge in [0.1, 0.15) is 4.32 Å². The Bertz CT molecular complexity index is 621. The van der Waals surface area contributed by atoms with Crippen molar-refractivity contribution in [1.29, 1.82) is 0 Å². The maximum absolute atomic E-state index is 12.4. The molecule has 1 aliphatic rings. The molecule has 21 heavy (non-hydrogen) atoms. The molecule has 0 N–H and O–H groups in total. The van der Waals surface area contributed by atoms with Crippen LogP contribution in [0.1, 0.15) is 25.3 Å². The number of carbonyl (C=O) groups is 2. The van der Waals surface area contributed by atoms with Crippen molar-refractivity contribution in [2.75, 3.05) is 0 Å². The molecule has 0 spiro atoms. The maximum Gasteiger partial charge on any atom is 0.266 e. The van der Waals surface area contributed by atoms with Gasteiger partial charge < -0.3 is 14.5 Å². The molecule has 7 heteroatoms. The SMILES string of the molecule is CCC[C@@H](C(=O)[O-])N1C(=O)/C(=C\c2ccn(C)c2)SC1=S.